The van der Waals surface area contributed by atoms with Crippen molar-refractivity contribution in [1.82, 2.24) is 15.1 Å². The second kappa shape index (κ2) is 26.0. The highest BCUT2D eigenvalue weighted by Gasteiger charge is 2.49. The molecule has 2 fully saturated rings. The molecule has 10 heteroatoms. The number of halogens is 2. The summed E-state index contributed by atoms with van der Waals surface area (Å²) in [5.74, 6) is 2.04. The highest BCUT2D eigenvalue weighted by Crippen LogP contribution is 2.51. The van der Waals surface area contributed by atoms with E-state index in [1.54, 1.807) is 7.11 Å². The summed E-state index contributed by atoms with van der Waals surface area (Å²) in [4.78, 5) is 25.1. The number of hydrogen-bond acceptors (Lipinski definition) is 7. The number of nitrogens with zero attached hydrogens (tertiary/aromatic N) is 3. The molecule has 6 nitrogen and oxygen atoms in total. The third-order valence-electron chi connectivity index (χ3n) is 15.2. The Morgan fingerprint density at radius 3 is 1.57 bits per heavy atom. The van der Waals surface area contributed by atoms with Gasteiger partial charge in [-0.15, -0.1) is 23.5 Å². The quantitative estimate of drug-likeness (QED) is 0.0282. The van der Waals surface area contributed by atoms with Crippen LogP contribution in [0.5, 0.6) is 0 Å². The molecule has 9 rings (SSSR count). The average molecular weight is 1060 g/mol. The van der Waals surface area contributed by atoms with E-state index in [0.717, 1.165) is 69.0 Å². The Kier molecular flexibility index (Phi) is 18.8. The lowest BCUT2D eigenvalue weighted by atomic mass is 9.73. The molecule has 4 atom stereocenters. The molecule has 7 aromatic carbocycles. The van der Waals surface area contributed by atoms with E-state index in [0.29, 0.717) is 35.2 Å². The summed E-state index contributed by atoms with van der Waals surface area (Å²) in [6.45, 7) is 5.52. The lowest BCUT2D eigenvalue weighted by molar-refractivity contribution is -0.122. The van der Waals surface area contributed by atoms with Crippen molar-refractivity contribution in [3.63, 3.8) is 0 Å². The number of rotatable bonds is 24. The van der Waals surface area contributed by atoms with Crippen molar-refractivity contribution < 1.29 is 9.63 Å². The molecule has 2 aliphatic rings. The summed E-state index contributed by atoms with van der Waals surface area (Å²) in [5, 5.41) is 9.22. The number of fused-ring (bicyclic) bond motifs is 2. The molecular formula is C64H68Cl2N4O2S2. The van der Waals surface area contributed by atoms with E-state index in [2.05, 4.69) is 221 Å². The van der Waals surface area contributed by atoms with Crippen molar-refractivity contribution in [2.45, 2.75) is 66.5 Å². The smallest absolute Gasteiger partial charge is 0.234 e. The Morgan fingerprint density at radius 1 is 0.649 bits per heavy atom. The molecule has 0 radical (unpaired) electrons. The number of nitrogens with one attached hydrogen (secondary N) is 1. The monoisotopic (exact) mass is 1060 g/mol. The van der Waals surface area contributed by atoms with Crippen LogP contribution in [0.15, 0.2) is 205 Å². The van der Waals surface area contributed by atoms with Crippen LogP contribution in [-0.4, -0.2) is 84.8 Å². The maximum absolute atomic E-state index is 14.4. The molecule has 0 saturated carbocycles. The first kappa shape index (κ1) is 53.5. The van der Waals surface area contributed by atoms with E-state index >= 15 is 0 Å². The molecule has 74 heavy (non-hydrogen) atoms. The molecular weight excluding hydrogens is 992 g/mol. The van der Waals surface area contributed by atoms with Crippen LogP contribution < -0.4 is 5.32 Å². The molecule has 2 bridgehead atoms. The summed E-state index contributed by atoms with van der Waals surface area (Å²) in [6, 6.07) is 71.9. The minimum absolute atomic E-state index is 0.0479. The van der Waals surface area contributed by atoms with Crippen molar-refractivity contribution >= 4 is 58.3 Å². The number of carbonyl (C=O) groups excluding carboxylic acids is 1. The van der Waals surface area contributed by atoms with Crippen molar-refractivity contribution in [3.05, 3.63) is 249 Å². The van der Waals surface area contributed by atoms with Gasteiger partial charge in [-0.05, 0) is 102 Å². The van der Waals surface area contributed by atoms with Crippen molar-refractivity contribution in [2.24, 2.45) is 11.1 Å². The number of amides is 1. The molecule has 0 spiro atoms. The number of oxime groups is 1. The van der Waals surface area contributed by atoms with Gasteiger partial charge in [-0.25, -0.2) is 0 Å². The second-order valence-electron chi connectivity index (χ2n) is 19.4. The maximum atomic E-state index is 14.4. The molecule has 2 heterocycles. The van der Waals surface area contributed by atoms with Gasteiger partial charge in [-0.1, -0.05) is 223 Å². The van der Waals surface area contributed by atoms with Crippen LogP contribution in [0.2, 0.25) is 10.0 Å². The van der Waals surface area contributed by atoms with Gasteiger partial charge in [-0.2, -0.15) is 0 Å². The minimum Gasteiger partial charge on any atom is -0.399 e. The Bertz CT molecular complexity index is 2670. The fraction of sp³-hybridized carbons (Fsp3) is 0.312. The van der Waals surface area contributed by atoms with Crippen LogP contribution in [0, 0.1) is 5.92 Å². The molecule has 4 unspecified atom stereocenters. The Balaban J connectivity index is 0.947. The minimum atomic E-state index is -0.456. The zero-order valence-electron chi connectivity index (χ0n) is 42.6. The fourth-order valence-electron chi connectivity index (χ4n) is 11.9. The SMILES string of the molecule is CCC(=NOC)C1C(c2ccc(Cl)c(Cl)c2)CC2CCC1N2CCCN(CCSC(c1ccccc1)(c1ccccc1)c1ccccc1)CC(=O)NCCSC(c1ccccc1)(c1ccccc1)c1ccccc1. The van der Waals surface area contributed by atoms with E-state index in [9.17, 15) is 4.79 Å². The number of piperidine rings is 1. The van der Waals surface area contributed by atoms with Gasteiger partial charge in [0.05, 0.1) is 31.8 Å². The van der Waals surface area contributed by atoms with Crippen molar-refractivity contribution in [3.8, 4) is 0 Å². The standard InChI is InChI=1S/C64H68Cl2N4O2S2/c1-3-59(68-72-2)62-56(48-35-37-57(65)58(66)45-48)46-55-36-38-60(62)70(55)41-22-40-69(42-44-74-64(52-29-16-7-17-30-52,53-31-18-8-19-32-53)54-33-20-9-21-34-54)47-61(71)67-39-43-73-63(49-23-10-4-11-24-49,50-25-12-5-13-26-50)51-27-14-6-15-28-51/h4-21,23-35,37,45,55-56,60,62H,3,22,36,38-44,46-47H2,1-2H3,(H,67,71). The molecule has 2 saturated heterocycles. The van der Waals surface area contributed by atoms with Gasteiger partial charge in [0.15, 0.2) is 0 Å². The van der Waals surface area contributed by atoms with Crippen LogP contribution in [0.1, 0.15) is 83.9 Å². The van der Waals surface area contributed by atoms with Crippen molar-refractivity contribution in [1.29, 1.82) is 0 Å². The van der Waals surface area contributed by atoms with E-state index in [4.69, 9.17) is 28.0 Å². The number of benzene rings is 7. The van der Waals surface area contributed by atoms with E-state index < -0.39 is 9.49 Å². The lowest BCUT2D eigenvalue weighted by Crippen LogP contribution is -2.51. The van der Waals surface area contributed by atoms with Gasteiger partial charge in [0.2, 0.25) is 5.91 Å². The Morgan fingerprint density at radius 2 is 1.12 bits per heavy atom. The summed E-state index contributed by atoms with van der Waals surface area (Å²) in [5.41, 5.74) is 9.66. The van der Waals surface area contributed by atoms with Gasteiger partial charge >= 0.3 is 0 Å². The van der Waals surface area contributed by atoms with E-state index in [1.165, 1.54) is 38.9 Å². The topological polar surface area (TPSA) is 57.2 Å². The maximum Gasteiger partial charge on any atom is 0.234 e. The highest BCUT2D eigenvalue weighted by molar-refractivity contribution is 8.00. The number of carbonyl (C=O) groups is 1. The zero-order valence-corrected chi connectivity index (χ0v) is 45.7. The summed E-state index contributed by atoms with van der Waals surface area (Å²) >= 11 is 16.9. The second-order valence-corrected chi connectivity index (χ2v) is 22.9. The third-order valence-corrected chi connectivity index (χ3v) is 19.0. The van der Waals surface area contributed by atoms with Crippen LogP contribution in [0.4, 0.5) is 0 Å². The first-order valence-corrected chi connectivity index (χ1v) is 29.0. The molecule has 1 amide bonds. The van der Waals surface area contributed by atoms with Gasteiger partial charge in [0.1, 0.15) is 7.11 Å². The molecule has 0 aromatic heterocycles. The molecule has 7 aromatic rings. The predicted molar refractivity (Wildman–Crippen MR) is 313 cm³/mol. The molecule has 1 N–H and O–H groups in total. The fourth-order valence-corrected chi connectivity index (χ4v) is 15.2. The number of hydrogen-bond donors (Lipinski definition) is 1. The van der Waals surface area contributed by atoms with Gasteiger partial charge in [-0.3, -0.25) is 14.6 Å². The van der Waals surface area contributed by atoms with Gasteiger partial charge < -0.3 is 10.2 Å². The lowest BCUT2D eigenvalue weighted by Gasteiger charge is -2.45. The molecule has 382 valence electrons. The average Bonchev–Trinajstić information content (AvgIpc) is 3.74. The van der Waals surface area contributed by atoms with Gasteiger partial charge in [0, 0.05) is 42.6 Å². The summed E-state index contributed by atoms with van der Waals surface area (Å²) in [6.07, 6.45) is 5.01. The first-order valence-electron chi connectivity index (χ1n) is 26.3. The first-order chi connectivity index (χ1) is 36.3. The number of thioether (sulfide) groups is 2. The Labute approximate surface area is 458 Å². The van der Waals surface area contributed by atoms with E-state index in [1.807, 2.05) is 29.6 Å². The predicted octanol–water partition coefficient (Wildman–Crippen LogP) is 14.6. The normalized spacial score (nSPS) is 18.1. The van der Waals surface area contributed by atoms with Crippen molar-refractivity contribution in [2.75, 3.05) is 51.3 Å². The van der Waals surface area contributed by atoms with Gasteiger partial charge in [0.25, 0.3) is 0 Å². The molecule has 2 aliphatic heterocycles. The summed E-state index contributed by atoms with van der Waals surface area (Å²) in [7, 11) is 1.65. The van der Waals surface area contributed by atoms with Crippen LogP contribution in [-0.2, 0) is 19.1 Å². The van der Waals surface area contributed by atoms with E-state index in [-0.39, 0.29) is 17.7 Å². The third kappa shape index (κ3) is 12.0. The highest BCUT2D eigenvalue weighted by atomic mass is 35.5. The van der Waals surface area contributed by atoms with Crippen LogP contribution in [0.3, 0.4) is 0 Å². The molecule has 0 aliphatic carbocycles. The van der Waals surface area contributed by atoms with Crippen LogP contribution in [0.25, 0.3) is 0 Å². The zero-order chi connectivity index (χ0) is 51.2. The Hall–Kier alpha value is -5.32. The summed E-state index contributed by atoms with van der Waals surface area (Å²) < 4.78 is -0.909. The largest absolute Gasteiger partial charge is 0.399 e. The van der Waals surface area contributed by atoms with Crippen LogP contribution >= 0.6 is 46.7 Å².